The second-order valence-corrected chi connectivity index (χ2v) is 7.41. The molecule has 0 fully saturated rings. The van der Waals surface area contributed by atoms with Crippen molar-refractivity contribution < 1.29 is 14.3 Å². The van der Waals surface area contributed by atoms with Crippen LogP contribution in [0.25, 0.3) is 0 Å². The first-order valence-electron chi connectivity index (χ1n) is 9.12. The van der Waals surface area contributed by atoms with Gasteiger partial charge in [-0.15, -0.1) is 0 Å². The maximum Gasteiger partial charge on any atom is 0.262 e. The Kier molecular flexibility index (Phi) is 7.03. The Morgan fingerprint density at radius 2 is 1.76 bits per heavy atom. The summed E-state index contributed by atoms with van der Waals surface area (Å²) in [7, 11) is 0. The van der Waals surface area contributed by atoms with Gasteiger partial charge in [0, 0.05) is 22.3 Å². The molecular formula is C23H21BrN2O3. The number of halogens is 1. The number of hydrogen-bond donors (Lipinski definition) is 2. The van der Waals surface area contributed by atoms with Crippen molar-refractivity contribution in [2.75, 3.05) is 11.9 Å². The fourth-order valence-corrected chi connectivity index (χ4v) is 3.21. The highest BCUT2D eigenvalue weighted by Crippen LogP contribution is 2.22. The number of ether oxygens (including phenoxy) is 1. The molecule has 0 aromatic heterocycles. The van der Waals surface area contributed by atoms with Gasteiger partial charge in [-0.3, -0.25) is 9.59 Å². The van der Waals surface area contributed by atoms with Crippen molar-refractivity contribution in [2.24, 2.45) is 0 Å². The molecule has 2 amide bonds. The van der Waals surface area contributed by atoms with Crippen LogP contribution < -0.4 is 15.4 Å². The van der Waals surface area contributed by atoms with E-state index in [1.165, 1.54) is 0 Å². The van der Waals surface area contributed by atoms with E-state index >= 15 is 0 Å². The maximum absolute atomic E-state index is 12.4. The molecular weight excluding hydrogens is 432 g/mol. The molecule has 3 aromatic rings. The van der Waals surface area contributed by atoms with Gasteiger partial charge in [-0.25, -0.2) is 0 Å². The molecule has 0 unspecified atom stereocenters. The monoisotopic (exact) mass is 452 g/mol. The molecule has 0 spiro atoms. The number of carbonyl (C=O) groups is 2. The van der Waals surface area contributed by atoms with E-state index in [0.29, 0.717) is 23.5 Å². The van der Waals surface area contributed by atoms with Gasteiger partial charge in [0.25, 0.3) is 11.8 Å². The highest BCUT2D eigenvalue weighted by atomic mass is 79.9. The normalized spacial score (nSPS) is 10.3. The quantitative estimate of drug-likeness (QED) is 0.545. The van der Waals surface area contributed by atoms with Crippen LogP contribution in [-0.4, -0.2) is 18.4 Å². The van der Waals surface area contributed by atoms with Crippen LogP contribution in [-0.2, 0) is 11.3 Å². The molecule has 0 aliphatic carbocycles. The second-order valence-electron chi connectivity index (χ2n) is 6.50. The summed E-state index contributed by atoms with van der Waals surface area (Å²) >= 11 is 3.40. The van der Waals surface area contributed by atoms with E-state index in [-0.39, 0.29) is 18.4 Å². The zero-order chi connectivity index (χ0) is 20.6. The van der Waals surface area contributed by atoms with Crippen molar-refractivity contribution in [1.29, 1.82) is 0 Å². The summed E-state index contributed by atoms with van der Waals surface area (Å²) in [6.45, 7) is 2.24. The standard InChI is InChI=1S/C23H21BrN2O3/c1-16-12-19(24)10-11-21(16)29-15-22(27)26-20-9-5-8-18(13-20)23(28)25-14-17-6-3-2-4-7-17/h2-13H,14-15H2,1H3,(H,25,28)(H,26,27). The smallest absolute Gasteiger partial charge is 0.262 e. The zero-order valence-corrected chi connectivity index (χ0v) is 17.5. The van der Waals surface area contributed by atoms with E-state index in [4.69, 9.17) is 4.74 Å². The highest BCUT2D eigenvalue weighted by Gasteiger charge is 2.09. The van der Waals surface area contributed by atoms with Crippen LogP contribution in [0.3, 0.4) is 0 Å². The molecule has 0 saturated carbocycles. The molecule has 0 saturated heterocycles. The average molecular weight is 453 g/mol. The van der Waals surface area contributed by atoms with Gasteiger partial charge in [0.15, 0.2) is 6.61 Å². The number of anilines is 1. The Balaban J connectivity index is 1.54. The third-order valence-electron chi connectivity index (χ3n) is 4.20. The molecule has 148 valence electrons. The van der Waals surface area contributed by atoms with Crippen LogP contribution in [0, 0.1) is 6.92 Å². The Morgan fingerprint density at radius 1 is 0.966 bits per heavy atom. The molecule has 5 nitrogen and oxygen atoms in total. The second kappa shape index (κ2) is 9.89. The van der Waals surface area contributed by atoms with E-state index in [9.17, 15) is 9.59 Å². The van der Waals surface area contributed by atoms with Crippen LogP contribution in [0.15, 0.2) is 77.3 Å². The summed E-state index contributed by atoms with van der Waals surface area (Å²) in [4.78, 5) is 24.6. The van der Waals surface area contributed by atoms with Crippen molar-refractivity contribution in [3.05, 3.63) is 94.0 Å². The van der Waals surface area contributed by atoms with Gasteiger partial charge in [0.2, 0.25) is 0 Å². The first-order valence-corrected chi connectivity index (χ1v) is 9.91. The Morgan fingerprint density at radius 3 is 2.52 bits per heavy atom. The van der Waals surface area contributed by atoms with Crippen LogP contribution in [0.2, 0.25) is 0 Å². The van der Waals surface area contributed by atoms with Gasteiger partial charge in [-0.05, 0) is 54.4 Å². The van der Waals surface area contributed by atoms with Gasteiger partial charge in [-0.2, -0.15) is 0 Å². The molecule has 0 aliphatic heterocycles. The predicted molar refractivity (Wildman–Crippen MR) is 117 cm³/mol. The summed E-state index contributed by atoms with van der Waals surface area (Å²) in [6, 6.07) is 22.1. The Bertz CT molecular complexity index is 1010. The Labute approximate surface area is 178 Å². The fraction of sp³-hybridized carbons (Fsp3) is 0.130. The van der Waals surface area contributed by atoms with E-state index in [0.717, 1.165) is 15.6 Å². The van der Waals surface area contributed by atoms with E-state index in [1.54, 1.807) is 24.3 Å². The molecule has 0 radical (unpaired) electrons. The van der Waals surface area contributed by atoms with Gasteiger partial charge in [-0.1, -0.05) is 52.3 Å². The number of carbonyl (C=O) groups excluding carboxylic acids is 2. The molecule has 0 atom stereocenters. The summed E-state index contributed by atoms with van der Waals surface area (Å²) in [6.07, 6.45) is 0. The van der Waals surface area contributed by atoms with Crippen LogP contribution in [0.1, 0.15) is 21.5 Å². The van der Waals surface area contributed by atoms with Crippen molar-refractivity contribution in [3.8, 4) is 5.75 Å². The third kappa shape index (κ3) is 6.19. The number of rotatable bonds is 7. The van der Waals surface area contributed by atoms with Gasteiger partial charge >= 0.3 is 0 Å². The molecule has 0 bridgehead atoms. The van der Waals surface area contributed by atoms with Gasteiger partial charge in [0.05, 0.1) is 0 Å². The number of hydrogen-bond acceptors (Lipinski definition) is 3. The summed E-state index contributed by atoms with van der Waals surface area (Å²) in [5.41, 5.74) is 2.97. The van der Waals surface area contributed by atoms with Gasteiger partial charge < -0.3 is 15.4 Å². The zero-order valence-electron chi connectivity index (χ0n) is 15.9. The van der Waals surface area contributed by atoms with E-state index in [1.807, 2.05) is 55.5 Å². The molecule has 0 aliphatic rings. The minimum absolute atomic E-state index is 0.118. The van der Waals surface area contributed by atoms with Crippen LogP contribution in [0.5, 0.6) is 5.75 Å². The summed E-state index contributed by atoms with van der Waals surface area (Å²) < 4.78 is 6.53. The lowest BCUT2D eigenvalue weighted by molar-refractivity contribution is -0.118. The maximum atomic E-state index is 12.4. The predicted octanol–water partition coefficient (Wildman–Crippen LogP) is 4.71. The number of amides is 2. The van der Waals surface area contributed by atoms with Gasteiger partial charge in [0.1, 0.15) is 5.75 Å². The van der Waals surface area contributed by atoms with Crippen molar-refractivity contribution in [1.82, 2.24) is 5.32 Å². The van der Waals surface area contributed by atoms with Crippen molar-refractivity contribution >= 4 is 33.4 Å². The molecule has 29 heavy (non-hydrogen) atoms. The largest absolute Gasteiger partial charge is 0.483 e. The number of aryl methyl sites for hydroxylation is 1. The molecule has 3 aromatic carbocycles. The van der Waals surface area contributed by atoms with Crippen molar-refractivity contribution in [2.45, 2.75) is 13.5 Å². The molecule has 6 heteroatoms. The molecule has 3 rings (SSSR count). The number of nitrogens with one attached hydrogen (secondary N) is 2. The average Bonchev–Trinajstić information content (AvgIpc) is 2.72. The molecule has 2 N–H and O–H groups in total. The number of benzene rings is 3. The first-order chi connectivity index (χ1) is 14.0. The Hall–Kier alpha value is -3.12. The SMILES string of the molecule is Cc1cc(Br)ccc1OCC(=O)Nc1cccc(C(=O)NCc2ccccc2)c1. The minimum atomic E-state index is -0.297. The lowest BCUT2D eigenvalue weighted by atomic mass is 10.1. The summed E-state index contributed by atoms with van der Waals surface area (Å²) in [5.74, 6) is 0.151. The van der Waals surface area contributed by atoms with Crippen LogP contribution in [0.4, 0.5) is 5.69 Å². The first kappa shape index (κ1) is 20.6. The lowest BCUT2D eigenvalue weighted by Crippen LogP contribution is -2.23. The third-order valence-corrected chi connectivity index (χ3v) is 4.69. The van der Waals surface area contributed by atoms with E-state index in [2.05, 4.69) is 26.6 Å². The summed E-state index contributed by atoms with van der Waals surface area (Å²) in [5, 5.41) is 5.63. The fourth-order valence-electron chi connectivity index (χ4n) is 2.73. The highest BCUT2D eigenvalue weighted by molar-refractivity contribution is 9.10. The topological polar surface area (TPSA) is 67.4 Å². The molecule has 0 heterocycles. The van der Waals surface area contributed by atoms with Crippen LogP contribution >= 0.6 is 15.9 Å². The minimum Gasteiger partial charge on any atom is -0.483 e. The van der Waals surface area contributed by atoms with Crippen molar-refractivity contribution in [3.63, 3.8) is 0 Å². The lowest BCUT2D eigenvalue weighted by Gasteiger charge is -2.11. The van der Waals surface area contributed by atoms with E-state index < -0.39 is 0 Å².